The van der Waals surface area contributed by atoms with E-state index in [1.807, 2.05) is 60.1 Å². The average molecular weight is 360 g/mol. The minimum Gasteiger partial charge on any atom is -0.326 e. The molecule has 3 aromatic rings. The van der Waals surface area contributed by atoms with E-state index in [1.54, 1.807) is 0 Å². The Morgan fingerprint density at radius 3 is 2.67 bits per heavy atom. The van der Waals surface area contributed by atoms with Gasteiger partial charge in [-0.15, -0.1) is 23.2 Å². The molecule has 1 amide bonds. The number of hydrogen-bond acceptors (Lipinski definition) is 2. The number of halogens is 2. The number of nitrogens with zero attached hydrogens (tertiary/aromatic N) is 2. The molecule has 0 spiro atoms. The van der Waals surface area contributed by atoms with Gasteiger partial charge in [0.05, 0.1) is 11.6 Å². The second kappa shape index (κ2) is 5.50. The molecule has 2 aromatic heterocycles. The summed E-state index contributed by atoms with van der Waals surface area (Å²) < 4.78 is 1.09. The highest BCUT2D eigenvalue weighted by Crippen LogP contribution is 2.53. The highest BCUT2D eigenvalue weighted by atomic mass is 35.5. The largest absolute Gasteiger partial charge is 0.326 e. The topological polar surface area (TPSA) is 46.4 Å². The fourth-order valence-electron chi connectivity index (χ4n) is 2.67. The lowest BCUT2D eigenvalue weighted by Gasteiger charge is -2.05. The van der Waals surface area contributed by atoms with Gasteiger partial charge >= 0.3 is 0 Å². The van der Waals surface area contributed by atoms with E-state index in [2.05, 4.69) is 10.3 Å². The number of alkyl halides is 2. The van der Waals surface area contributed by atoms with Crippen molar-refractivity contribution in [3.63, 3.8) is 0 Å². The van der Waals surface area contributed by atoms with Crippen LogP contribution in [-0.4, -0.2) is 19.6 Å². The van der Waals surface area contributed by atoms with Crippen molar-refractivity contribution in [3.8, 4) is 11.3 Å². The van der Waals surface area contributed by atoms with Crippen molar-refractivity contribution >= 4 is 40.4 Å². The van der Waals surface area contributed by atoms with Crippen molar-refractivity contribution in [2.45, 2.75) is 17.7 Å². The van der Waals surface area contributed by atoms with E-state index in [9.17, 15) is 4.79 Å². The maximum Gasteiger partial charge on any atom is 0.230 e. The van der Waals surface area contributed by atoms with Gasteiger partial charge in [-0.25, -0.2) is 4.98 Å². The monoisotopic (exact) mass is 359 g/mol. The minimum absolute atomic E-state index is 0.143. The lowest BCUT2D eigenvalue weighted by Crippen LogP contribution is -2.16. The van der Waals surface area contributed by atoms with Crippen molar-refractivity contribution in [1.29, 1.82) is 0 Å². The number of carbonyl (C=O) groups is 1. The number of aryl methyl sites for hydroxylation is 1. The zero-order valence-electron chi connectivity index (χ0n) is 13.0. The third kappa shape index (κ3) is 2.87. The van der Waals surface area contributed by atoms with Gasteiger partial charge in [0, 0.05) is 23.6 Å². The Labute approximate surface area is 149 Å². The molecule has 2 heterocycles. The van der Waals surface area contributed by atoms with Gasteiger partial charge < -0.3 is 9.72 Å². The molecule has 4 rings (SSSR count). The lowest BCUT2D eigenvalue weighted by atomic mass is 10.1. The molecule has 0 saturated heterocycles. The first kappa shape index (κ1) is 15.5. The molecule has 1 aromatic carbocycles. The summed E-state index contributed by atoms with van der Waals surface area (Å²) in [5, 5.41) is 2.84. The number of nitrogens with one attached hydrogen (secondary N) is 1. The number of hydrogen-bond donors (Lipinski definition) is 1. The van der Waals surface area contributed by atoms with E-state index >= 15 is 0 Å². The number of benzene rings is 1. The molecule has 0 radical (unpaired) electrons. The van der Waals surface area contributed by atoms with Crippen LogP contribution in [0.3, 0.4) is 0 Å². The zero-order chi connectivity index (χ0) is 16.9. The van der Waals surface area contributed by atoms with Gasteiger partial charge in [-0.1, -0.05) is 12.1 Å². The fraction of sp³-hybridized carbons (Fsp3) is 0.222. The summed E-state index contributed by atoms with van der Waals surface area (Å²) in [6.45, 7) is 2.04. The number of pyridine rings is 1. The summed E-state index contributed by atoms with van der Waals surface area (Å²) in [4.78, 5) is 16.6. The third-order valence-corrected chi connectivity index (χ3v) is 5.04. The number of aromatic nitrogens is 2. The molecule has 4 nitrogen and oxygen atoms in total. The first-order valence-electron chi connectivity index (χ1n) is 7.67. The number of amides is 1. The Balaban J connectivity index is 1.53. The van der Waals surface area contributed by atoms with Crippen molar-refractivity contribution in [2.75, 3.05) is 5.32 Å². The molecule has 1 aliphatic carbocycles. The molecule has 1 aliphatic rings. The van der Waals surface area contributed by atoms with Gasteiger partial charge in [0.2, 0.25) is 5.91 Å². The van der Waals surface area contributed by atoms with E-state index in [1.165, 1.54) is 5.56 Å². The van der Waals surface area contributed by atoms with Crippen LogP contribution >= 0.6 is 23.2 Å². The second-order valence-corrected chi connectivity index (χ2v) is 7.72. The first-order chi connectivity index (χ1) is 11.4. The number of imidazole rings is 1. The third-order valence-electron chi connectivity index (χ3n) is 4.21. The molecule has 1 fully saturated rings. The number of carbonyl (C=O) groups excluding carboxylic acids is 1. The molecule has 1 N–H and O–H groups in total. The summed E-state index contributed by atoms with van der Waals surface area (Å²) in [5.74, 6) is -0.474. The fourth-order valence-corrected chi connectivity index (χ4v) is 3.18. The van der Waals surface area contributed by atoms with Crippen LogP contribution in [0, 0.1) is 12.8 Å². The van der Waals surface area contributed by atoms with E-state index in [0.29, 0.717) is 6.42 Å². The number of fused-ring (bicyclic) bond motifs is 1. The summed E-state index contributed by atoms with van der Waals surface area (Å²) in [6, 6.07) is 11.7. The predicted molar refractivity (Wildman–Crippen MR) is 96.5 cm³/mol. The number of anilines is 1. The molecule has 122 valence electrons. The van der Waals surface area contributed by atoms with E-state index in [0.717, 1.165) is 22.6 Å². The maximum absolute atomic E-state index is 12.0. The Morgan fingerprint density at radius 1 is 1.29 bits per heavy atom. The zero-order valence-corrected chi connectivity index (χ0v) is 14.5. The van der Waals surface area contributed by atoms with Crippen LogP contribution in [0.4, 0.5) is 5.69 Å². The van der Waals surface area contributed by atoms with Crippen molar-refractivity contribution in [1.82, 2.24) is 9.38 Å². The van der Waals surface area contributed by atoms with Gasteiger partial charge in [-0.05, 0) is 43.2 Å². The van der Waals surface area contributed by atoms with Gasteiger partial charge in [0.25, 0.3) is 0 Å². The Kier molecular flexibility index (Phi) is 3.55. The SMILES string of the molecule is Cc1ccn2cc(-c3ccc(NC(=O)C4CC4(Cl)Cl)cc3)nc2c1. The molecule has 0 aliphatic heterocycles. The van der Waals surface area contributed by atoms with Crippen molar-refractivity contribution in [2.24, 2.45) is 5.92 Å². The molecule has 0 bridgehead atoms. The smallest absolute Gasteiger partial charge is 0.230 e. The van der Waals surface area contributed by atoms with Crippen LogP contribution in [0.1, 0.15) is 12.0 Å². The highest BCUT2D eigenvalue weighted by molar-refractivity contribution is 6.52. The van der Waals surface area contributed by atoms with E-state index in [4.69, 9.17) is 23.2 Å². The molecular formula is C18H15Cl2N3O. The highest BCUT2D eigenvalue weighted by Gasteiger charge is 2.56. The van der Waals surface area contributed by atoms with Crippen molar-refractivity contribution in [3.05, 3.63) is 54.4 Å². The Morgan fingerprint density at radius 2 is 2.00 bits per heavy atom. The Bertz CT molecular complexity index is 931. The predicted octanol–water partition coefficient (Wildman–Crippen LogP) is 4.44. The maximum atomic E-state index is 12.0. The minimum atomic E-state index is -0.904. The quantitative estimate of drug-likeness (QED) is 0.702. The molecule has 1 unspecified atom stereocenters. The van der Waals surface area contributed by atoms with Gasteiger partial charge in [-0.2, -0.15) is 0 Å². The molecular weight excluding hydrogens is 345 g/mol. The molecule has 6 heteroatoms. The first-order valence-corrected chi connectivity index (χ1v) is 8.42. The van der Waals surface area contributed by atoms with E-state index < -0.39 is 4.33 Å². The molecule has 1 atom stereocenters. The summed E-state index contributed by atoms with van der Waals surface area (Å²) in [6.07, 6.45) is 4.48. The normalized spacial score (nSPS) is 18.5. The average Bonchev–Trinajstić information content (AvgIpc) is 3.00. The van der Waals surface area contributed by atoms with Crippen LogP contribution in [0.25, 0.3) is 16.9 Å². The van der Waals surface area contributed by atoms with Gasteiger partial charge in [-0.3, -0.25) is 4.79 Å². The van der Waals surface area contributed by atoms with Crippen LogP contribution in [0.2, 0.25) is 0 Å². The summed E-state index contributed by atoms with van der Waals surface area (Å²) in [7, 11) is 0. The standard InChI is InChI=1S/C18H15Cl2N3O/c1-11-6-7-23-10-15(22-16(23)8-11)12-2-4-13(5-3-12)21-17(24)14-9-18(14,19)20/h2-8,10,14H,9H2,1H3,(H,21,24). The van der Waals surface area contributed by atoms with Crippen LogP contribution in [-0.2, 0) is 4.79 Å². The van der Waals surface area contributed by atoms with Gasteiger partial charge in [0.1, 0.15) is 9.98 Å². The summed E-state index contributed by atoms with van der Waals surface area (Å²) in [5.41, 5.74) is 4.69. The Hall–Kier alpha value is -2.04. The second-order valence-electron chi connectivity index (χ2n) is 6.18. The van der Waals surface area contributed by atoms with Crippen LogP contribution < -0.4 is 5.32 Å². The van der Waals surface area contributed by atoms with Crippen LogP contribution in [0.5, 0.6) is 0 Å². The van der Waals surface area contributed by atoms with Gasteiger partial charge in [0.15, 0.2) is 0 Å². The number of rotatable bonds is 3. The van der Waals surface area contributed by atoms with Crippen molar-refractivity contribution < 1.29 is 4.79 Å². The van der Waals surface area contributed by atoms with Crippen LogP contribution in [0.15, 0.2) is 48.8 Å². The summed E-state index contributed by atoms with van der Waals surface area (Å²) >= 11 is 11.8. The van der Waals surface area contributed by atoms with E-state index in [-0.39, 0.29) is 11.8 Å². The lowest BCUT2D eigenvalue weighted by molar-refractivity contribution is -0.117. The molecule has 24 heavy (non-hydrogen) atoms. The molecule has 1 saturated carbocycles.